The Kier molecular flexibility index (Phi) is 20.9. The number of carboxylic acid groups (broad SMARTS) is 5. The van der Waals surface area contributed by atoms with Crippen molar-refractivity contribution in [3.05, 3.63) is 93.1 Å². The minimum Gasteiger partial charge on any atom is -0.550 e. The third-order valence-electron chi connectivity index (χ3n) is 5.73. The standard InChI is InChI=1S/C18H18O2S.4C3H4O2.Nb/c19-18(20)16-8-11-7-15(16)17(9-11)21-14-6-5-12-3-1-2-4-13(12)10-14;4*1-2-3(4)5;/h1-6,10-11,15-17H,7-9H2,(H,19,20);4*2H,1H2,(H,4,5);/q;;;;;+5/p-5. The van der Waals surface area contributed by atoms with Gasteiger partial charge in [-0.05, 0) is 78.3 Å². The van der Waals surface area contributed by atoms with Crippen molar-refractivity contribution in [3.8, 4) is 0 Å². The van der Waals surface area contributed by atoms with Gasteiger partial charge in [0.1, 0.15) is 0 Å². The summed E-state index contributed by atoms with van der Waals surface area (Å²) in [7, 11) is 0. The predicted molar refractivity (Wildman–Crippen MR) is 144 cm³/mol. The summed E-state index contributed by atoms with van der Waals surface area (Å²) >= 11 is 1.86. The second-order valence-electron chi connectivity index (χ2n) is 8.42. The van der Waals surface area contributed by atoms with E-state index in [-0.39, 0.29) is 28.3 Å². The van der Waals surface area contributed by atoms with Crippen molar-refractivity contribution < 1.29 is 71.9 Å². The summed E-state index contributed by atoms with van der Waals surface area (Å²) in [6, 6.07) is 14.9. The Morgan fingerprint density at radius 3 is 1.48 bits per heavy atom. The maximum absolute atomic E-state index is 11.2. The van der Waals surface area contributed by atoms with Crippen LogP contribution in [0.4, 0.5) is 0 Å². The van der Waals surface area contributed by atoms with E-state index in [2.05, 4.69) is 68.8 Å². The smallest absolute Gasteiger partial charge is 0.550 e. The molecule has 0 heterocycles. The topological polar surface area (TPSA) is 201 Å². The number of benzene rings is 2. The molecule has 4 unspecified atom stereocenters. The summed E-state index contributed by atoms with van der Waals surface area (Å²) in [4.78, 5) is 49.1. The van der Waals surface area contributed by atoms with Crippen LogP contribution in [0.1, 0.15) is 19.3 Å². The molecule has 2 saturated carbocycles. The van der Waals surface area contributed by atoms with Crippen LogP contribution in [0.15, 0.2) is 98.0 Å². The largest absolute Gasteiger partial charge is 5.00 e. The zero-order valence-electron chi connectivity index (χ0n) is 22.5. The molecule has 0 radical (unpaired) electrons. The van der Waals surface area contributed by atoms with Crippen LogP contribution in [0.2, 0.25) is 0 Å². The third-order valence-corrected chi connectivity index (χ3v) is 7.10. The molecule has 2 fully saturated rings. The number of aliphatic carboxylic acids is 5. The van der Waals surface area contributed by atoms with E-state index in [0.29, 0.717) is 17.1 Å². The fourth-order valence-corrected chi connectivity index (χ4v) is 5.64. The van der Waals surface area contributed by atoms with Crippen LogP contribution in [0, 0.1) is 17.8 Å². The minimum absolute atomic E-state index is 0. The van der Waals surface area contributed by atoms with Crippen LogP contribution in [-0.2, 0) is 46.4 Å². The van der Waals surface area contributed by atoms with E-state index in [1.807, 2.05) is 11.8 Å². The number of thioether (sulfide) groups is 1. The normalized spacial score (nSPS) is 18.5. The number of carbonyl (C=O) groups excluding carboxylic acids is 5. The van der Waals surface area contributed by atoms with Gasteiger partial charge in [0.2, 0.25) is 0 Å². The molecule has 2 bridgehead atoms. The molecule has 42 heavy (non-hydrogen) atoms. The molecular formula is C30H29NbO10S. The van der Waals surface area contributed by atoms with E-state index in [1.54, 1.807) is 0 Å². The fraction of sp³-hybridized carbons (Fsp3) is 0.233. The zero-order valence-corrected chi connectivity index (χ0v) is 25.6. The Labute approximate surface area is 263 Å². The van der Waals surface area contributed by atoms with Gasteiger partial charge < -0.3 is 49.5 Å². The summed E-state index contributed by atoms with van der Waals surface area (Å²) < 4.78 is 0. The molecule has 2 aromatic carbocycles. The number of carboxylic acids is 5. The first-order chi connectivity index (χ1) is 19.3. The van der Waals surface area contributed by atoms with Crippen LogP contribution in [0.5, 0.6) is 0 Å². The quantitative estimate of drug-likeness (QED) is 0.252. The Balaban J connectivity index is 0. The van der Waals surface area contributed by atoms with E-state index >= 15 is 0 Å². The maximum Gasteiger partial charge on any atom is 5.00 e. The molecule has 0 aromatic heterocycles. The molecule has 4 atom stereocenters. The van der Waals surface area contributed by atoms with Crippen molar-refractivity contribution in [2.45, 2.75) is 29.4 Å². The Hall–Kier alpha value is -3.90. The van der Waals surface area contributed by atoms with Crippen molar-refractivity contribution in [2.24, 2.45) is 17.8 Å². The molecule has 0 saturated heterocycles. The van der Waals surface area contributed by atoms with Crippen LogP contribution >= 0.6 is 11.8 Å². The third kappa shape index (κ3) is 16.4. The van der Waals surface area contributed by atoms with Gasteiger partial charge in [-0.1, -0.05) is 56.6 Å². The second-order valence-corrected chi connectivity index (χ2v) is 9.73. The Morgan fingerprint density at radius 1 is 0.667 bits per heavy atom. The molecule has 0 spiro atoms. The van der Waals surface area contributed by atoms with E-state index in [1.165, 1.54) is 15.7 Å². The average Bonchev–Trinajstić information content (AvgIpc) is 3.55. The van der Waals surface area contributed by atoms with Crippen molar-refractivity contribution in [2.75, 3.05) is 0 Å². The molecule has 4 rings (SSSR count). The molecular weight excluding hydrogens is 645 g/mol. The van der Waals surface area contributed by atoms with E-state index in [0.717, 1.165) is 43.6 Å². The summed E-state index contributed by atoms with van der Waals surface area (Å²) in [6.07, 6.45) is 5.96. The Morgan fingerprint density at radius 2 is 1.10 bits per heavy atom. The summed E-state index contributed by atoms with van der Waals surface area (Å²) in [5, 5.41) is 50.7. The maximum atomic E-state index is 11.2. The van der Waals surface area contributed by atoms with Gasteiger partial charge in [0.15, 0.2) is 0 Å². The Bertz CT molecular complexity index is 1190. The first-order valence-electron chi connectivity index (χ1n) is 12.0. The van der Waals surface area contributed by atoms with Gasteiger partial charge in [-0.3, -0.25) is 0 Å². The van der Waals surface area contributed by atoms with Gasteiger partial charge in [-0.2, -0.15) is 0 Å². The summed E-state index contributed by atoms with van der Waals surface area (Å²) in [6.45, 7) is 11.6. The summed E-state index contributed by atoms with van der Waals surface area (Å²) in [5.74, 6) is -5.09. The molecule has 2 aromatic rings. The first kappa shape index (κ1) is 40.2. The molecule has 10 nitrogen and oxygen atoms in total. The van der Waals surface area contributed by atoms with Gasteiger partial charge in [0.05, 0.1) is 23.9 Å². The number of fused-ring (bicyclic) bond motifs is 3. The number of hydrogen-bond acceptors (Lipinski definition) is 11. The first-order valence-corrected chi connectivity index (χ1v) is 12.9. The van der Waals surface area contributed by atoms with Gasteiger partial charge >= 0.3 is 22.4 Å². The number of hydrogen-bond donors (Lipinski definition) is 0. The zero-order chi connectivity index (χ0) is 31.5. The fourth-order valence-electron chi connectivity index (χ4n) is 4.11. The molecule has 220 valence electrons. The van der Waals surface area contributed by atoms with Gasteiger partial charge in [0.25, 0.3) is 0 Å². The van der Waals surface area contributed by atoms with Crippen molar-refractivity contribution in [3.63, 3.8) is 0 Å². The van der Waals surface area contributed by atoms with Crippen LogP contribution in [-0.4, -0.2) is 35.1 Å². The van der Waals surface area contributed by atoms with Gasteiger partial charge in [-0.15, -0.1) is 11.8 Å². The number of rotatable bonds is 7. The van der Waals surface area contributed by atoms with E-state index in [4.69, 9.17) is 39.6 Å². The van der Waals surface area contributed by atoms with Crippen molar-refractivity contribution in [1.29, 1.82) is 0 Å². The second kappa shape index (κ2) is 21.8. The molecule has 0 aliphatic heterocycles. The van der Waals surface area contributed by atoms with E-state index < -0.39 is 29.8 Å². The monoisotopic (exact) mass is 674 g/mol. The van der Waals surface area contributed by atoms with Crippen molar-refractivity contribution in [1.82, 2.24) is 0 Å². The average molecular weight is 675 g/mol. The summed E-state index contributed by atoms with van der Waals surface area (Å²) in [5.41, 5.74) is 0. The molecule has 0 amide bonds. The SMILES string of the molecule is C=CC(=O)[O-].C=CC(=O)[O-].C=CC(=O)[O-].C=CC(=O)[O-].O=C([O-])C1CC2CC(Sc3ccc4ccccc4c3)C1C2.[Nb+5]. The van der Waals surface area contributed by atoms with Crippen LogP contribution in [0.25, 0.3) is 10.8 Å². The predicted octanol–water partition coefficient (Wildman–Crippen LogP) is -1.22. The molecule has 12 heteroatoms. The van der Waals surface area contributed by atoms with Crippen LogP contribution < -0.4 is 25.5 Å². The minimum atomic E-state index is -1.23. The van der Waals surface area contributed by atoms with Gasteiger partial charge in [0, 0.05) is 22.0 Å². The van der Waals surface area contributed by atoms with E-state index in [9.17, 15) is 9.90 Å². The van der Waals surface area contributed by atoms with Gasteiger partial charge in [-0.25, -0.2) is 0 Å². The van der Waals surface area contributed by atoms with Crippen LogP contribution in [0.3, 0.4) is 0 Å². The molecule has 2 aliphatic carbocycles. The van der Waals surface area contributed by atoms with Crippen molar-refractivity contribution >= 4 is 52.4 Å². The molecule has 0 N–H and O–H groups in total. The molecule has 2 aliphatic rings. The number of carbonyl (C=O) groups is 5.